The Balaban J connectivity index is 1.95. The van der Waals surface area contributed by atoms with Gasteiger partial charge in [0.2, 0.25) is 0 Å². The van der Waals surface area contributed by atoms with Crippen molar-refractivity contribution in [3.63, 3.8) is 0 Å². The highest BCUT2D eigenvalue weighted by atomic mass is 14.9. The van der Waals surface area contributed by atoms with E-state index in [1.807, 2.05) is 12.3 Å². The van der Waals surface area contributed by atoms with Gasteiger partial charge in [0, 0.05) is 24.4 Å². The van der Waals surface area contributed by atoms with Crippen molar-refractivity contribution in [1.29, 1.82) is 0 Å². The van der Waals surface area contributed by atoms with Gasteiger partial charge < -0.3 is 5.32 Å². The molecule has 2 nitrogen and oxygen atoms in total. The summed E-state index contributed by atoms with van der Waals surface area (Å²) in [5.74, 6) is 0.980. The minimum atomic E-state index is 0.617. The maximum Gasteiger partial charge on any atom is 0.0448 e. The van der Waals surface area contributed by atoms with Gasteiger partial charge in [0.15, 0.2) is 0 Å². The predicted octanol–water partition coefficient (Wildman–Crippen LogP) is 2.71. The fourth-order valence-corrected chi connectivity index (χ4v) is 2.25. The van der Waals surface area contributed by atoms with Crippen LogP contribution in [0.5, 0.6) is 0 Å². The molecule has 1 fully saturated rings. The first kappa shape index (κ1) is 11.6. The van der Waals surface area contributed by atoms with Crippen LogP contribution >= 0.6 is 0 Å². The Labute approximate surface area is 98.5 Å². The molecular formula is C14H22N2. The molecular weight excluding hydrogens is 196 g/mol. The molecule has 1 unspecified atom stereocenters. The highest BCUT2D eigenvalue weighted by Crippen LogP contribution is 2.34. The van der Waals surface area contributed by atoms with E-state index in [9.17, 15) is 0 Å². The molecule has 0 saturated heterocycles. The zero-order valence-corrected chi connectivity index (χ0v) is 10.4. The molecule has 0 radical (unpaired) electrons. The molecule has 0 spiro atoms. The maximum absolute atomic E-state index is 4.49. The molecule has 1 aromatic heterocycles. The molecule has 1 atom stereocenters. The molecule has 2 heteroatoms. The number of likely N-dealkylation sites (N-methyl/N-ethyl adjacent to an activating group) is 1. The minimum absolute atomic E-state index is 0.617. The van der Waals surface area contributed by atoms with Crippen molar-refractivity contribution in [2.75, 3.05) is 6.54 Å². The van der Waals surface area contributed by atoms with Crippen LogP contribution < -0.4 is 5.32 Å². The maximum atomic E-state index is 4.49. The van der Waals surface area contributed by atoms with Crippen LogP contribution in [0.2, 0.25) is 0 Å². The molecule has 1 aliphatic carbocycles. The van der Waals surface area contributed by atoms with Gasteiger partial charge in [-0.2, -0.15) is 0 Å². The zero-order chi connectivity index (χ0) is 11.4. The third-order valence-corrected chi connectivity index (χ3v) is 3.37. The van der Waals surface area contributed by atoms with E-state index in [4.69, 9.17) is 0 Å². The largest absolute Gasteiger partial charge is 0.314 e. The summed E-state index contributed by atoms with van der Waals surface area (Å²) < 4.78 is 0. The summed E-state index contributed by atoms with van der Waals surface area (Å²) in [5, 5.41) is 3.59. The van der Waals surface area contributed by atoms with Crippen LogP contribution in [0.3, 0.4) is 0 Å². The zero-order valence-electron chi connectivity index (χ0n) is 10.4. The van der Waals surface area contributed by atoms with Gasteiger partial charge >= 0.3 is 0 Å². The van der Waals surface area contributed by atoms with Gasteiger partial charge in [-0.1, -0.05) is 25.8 Å². The second-order valence-corrected chi connectivity index (χ2v) is 4.90. The number of nitrogens with zero attached hydrogens (tertiary/aromatic N) is 1. The van der Waals surface area contributed by atoms with Gasteiger partial charge in [0.05, 0.1) is 0 Å². The van der Waals surface area contributed by atoms with Crippen LogP contribution in [0.1, 0.15) is 37.4 Å². The van der Waals surface area contributed by atoms with Gasteiger partial charge in [0.25, 0.3) is 0 Å². The number of rotatable bonds is 6. The normalized spacial score (nSPS) is 17.4. The van der Waals surface area contributed by atoms with Crippen LogP contribution in [0, 0.1) is 12.8 Å². The van der Waals surface area contributed by atoms with Gasteiger partial charge in [-0.05, 0) is 37.4 Å². The summed E-state index contributed by atoms with van der Waals surface area (Å²) in [7, 11) is 0. The monoisotopic (exact) mass is 218 g/mol. The van der Waals surface area contributed by atoms with Crippen molar-refractivity contribution in [2.45, 2.75) is 45.6 Å². The van der Waals surface area contributed by atoms with E-state index >= 15 is 0 Å². The van der Waals surface area contributed by atoms with E-state index in [0.29, 0.717) is 6.04 Å². The number of hydrogen-bond donors (Lipinski definition) is 1. The molecule has 1 N–H and O–H groups in total. The second kappa shape index (κ2) is 5.44. The first-order valence-electron chi connectivity index (χ1n) is 6.43. The van der Waals surface area contributed by atoms with Crippen molar-refractivity contribution in [3.8, 4) is 0 Å². The number of aromatic nitrogens is 1. The summed E-state index contributed by atoms with van der Waals surface area (Å²) in [6.07, 6.45) is 7.18. The lowest BCUT2D eigenvalue weighted by molar-refractivity contribution is 0.461. The lowest BCUT2D eigenvalue weighted by Crippen LogP contribution is -2.32. The molecule has 0 bridgehead atoms. The van der Waals surface area contributed by atoms with Crippen LogP contribution in [-0.4, -0.2) is 17.6 Å². The van der Waals surface area contributed by atoms with E-state index < -0.39 is 0 Å². The third-order valence-electron chi connectivity index (χ3n) is 3.37. The third kappa shape index (κ3) is 3.31. The highest BCUT2D eigenvalue weighted by molar-refractivity contribution is 5.18. The molecule has 2 rings (SSSR count). The minimum Gasteiger partial charge on any atom is -0.314 e. The molecule has 16 heavy (non-hydrogen) atoms. The molecule has 1 heterocycles. The standard InChI is InChI=1S/C14H22N2/c1-3-15-13(9-12-6-7-12)10-14-11(2)5-4-8-16-14/h4-5,8,12-13,15H,3,6-7,9-10H2,1-2H3. The Hall–Kier alpha value is -0.890. The van der Waals surface area contributed by atoms with E-state index in [-0.39, 0.29) is 0 Å². The van der Waals surface area contributed by atoms with Gasteiger partial charge in [-0.15, -0.1) is 0 Å². The first-order chi connectivity index (χ1) is 7.79. The Kier molecular flexibility index (Phi) is 3.94. The molecule has 1 aromatic rings. The van der Waals surface area contributed by atoms with Gasteiger partial charge in [-0.25, -0.2) is 0 Å². The van der Waals surface area contributed by atoms with Crippen LogP contribution in [0.15, 0.2) is 18.3 Å². The molecule has 1 saturated carbocycles. The van der Waals surface area contributed by atoms with Crippen molar-refractivity contribution >= 4 is 0 Å². The SMILES string of the molecule is CCNC(Cc1ncccc1C)CC1CC1. The fourth-order valence-electron chi connectivity index (χ4n) is 2.25. The van der Waals surface area contributed by atoms with Crippen LogP contribution in [-0.2, 0) is 6.42 Å². The summed E-state index contributed by atoms with van der Waals surface area (Å²) in [4.78, 5) is 4.49. The average Bonchev–Trinajstić information content (AvgIpc) is 3.06. The second-order valence-electron chi connectivity index (χ2n) is 4.90. The Morgan fingerprint density at radius 1 is 1.50 bits per heavy atom. The van der Waals surface area contributed by atoms with E-state index in [2.05, 4.69) is 30.2 Å². The Morgan fingerprint density at radius 3 is 2.94 bits per heavy atom. The number of nitrogens with one attached hydrogen (secondary N) is 1. The van der Waals surface area contributed by atoms with E-state index in [1.165, 1.54) is 30.5 Å². The summed E-state index contributed by atoms with van der Waals surface area (Å²) in [5.41, 5.74) is 2.58. The summed E-state index contributed by atoms with van der Waals surface area (Å²) >= 11 is 0. The highest BCUT2D eigenvalue weighted by Gasteiger charge is 2.25. The summed E-state index contributed by atoms with van der Waals surface area (Å²) in [6, 6.07) is 4.79. The van der Waals surface area contributed by atoms with Crippen molar-refractivity contribution < 1.29 is 0 Å². The number of hydrogen-bond acceptors (Lipinski definition) is 2. The quantitative estimate of drug-likeness (QED) is 0.794. The van der Waals surface area contributed by atoms with E-state index in [0.717, 1.165) is 18.9 Å². The molecule has 0 aliphatic heterocycles. The number of pyridine rings is 1. The van der Waals surface area contributed by atoms with Crippen LogP contribution in [0.25, 0.3) is 0 Å². The van der Waals surface area contributed by atoms with Gasteiger partial charge in [-0.3, -0.25) is 4.98 Å². The molecule has 1 aliphatic rings. The molecule has 0 amide bonds. The van der Waals surface area contributed by atoms with Crippen molar-refractivity contribution in [3.05, 3.63) is 29.6 Å². The molecule has 88 valence electrons. The van der Waals surface area contributed by atoms with Crippen molar-refractivity contribution in [1.82, 2.24) is 10.3 Å². The van der Waals surface area contributed by atoms with Crippen LogP contribution in [0.4, 0.5) is 0 Å². The topological polar surface area (TPSA) is 24.9 Å². The predicted molar refractivity (Wildman–Crippen MR) is 67.5 cm³/mol. The average molecular weight is 218 g/mol. The Morgan fingerprint density at radius 2 is 2.31 bits per heavy atom. The lowest BCUT2D eigenvalue weighted by atomic mass is 10.0. The number of aryl methyl sites for hydroxylation is 1. The van der Waals surface area contributed by atoms with E-state index in [1.54, 1.807) is 0 Å². The molecule has 0 aromatic carbocycles. The summed E-state index contributed by atoms with van der Waals surface area (Å²) in [6.45, 7) is 5.40. The Bertz CT molecular complexity index is 331. The fraction of sp³-hybridized carbons (Fsp3) is 0.643. The smallest absolute Gasteiger partial charge is 0.0448 e. The van der Waals surface area contributed by atoms with Gasteiger partial charge in [0.1, 0.15) is 0 Å². The lowest BCUT2D eigenvalue weighted by Gasteiger charge is -2.18. The first-order valence-corrected chi connectivity index (χ1v) is 6.43. The van der Waals surface area contributed by atoms with Crippen molar-refractivity contribution in [2.24, 2.45) is 5.92 Å².